The molecule has 1 fully saturated rings. The summed E-state index contributed by atoms with van der Waals surface area (Å²) in [6.07, 6.45) is 2.72. The van der Waals surface area contributed by atoms with Crippen LogP contribution in [0.1, 0.15) is 33.6 Å². The molecule has 66 valence electrons. The van der Waals surface area contributed by atoms with E-state index in [2.05, 4.69) is 20.8 Å². The molecule has 0 bridgehead atoms. The van der Waals surface area contributed by atoms with Gasteiger partial charge in [-0.2, -0.15) is 0 Å². The normalized spacial score (nSPS) is 45.8. The van der Waals surface area contributed by atoms with Gasteiger partial charge in [0.1, 0.15) is 0 Å². The predicted octanol–water partition coefficient (Wildman–Crippen LogP) is 2.26. The van der Waals surface area contributed by atoms with Crippen molar-refractivity contribution in [2.24, 2.45) is 29.4 Å². The average molecular weight is 155 g/mol. The van der Waals surface area contributed by atoms with E-state index in [0.29, 0.717) is 0 Å². The zero-order chi connectivity index (χ0) is 8.43. The van der Waals surface area contributed by atoms with Crippen LogP contribution in [0.5, 0.6) is 0 Å². The predicted molar refractivity (Wildman–Crippen MR) is 49.3 cm³/mol. The first-order valence-corrected chi connectivity index (χ1v) is 4.85. The lowest BCUT2D eigenvalue weighted by Crippen LogP contribution is -2.32. The Bertz CT molecular complexity index is 122. The summed E-state index contributed by atoms with van der Waals surface area (Å²) in [7, 11) is 0. The van der Waals surface area contributed by atoms with E-state index < -0.39 is 0 Å². The lowest BCUT2D eigenvalue weighted by atomic mass is 9.70. The molecule has 1 aliphatic rings. The second-order valence-corrected chi connectivity index (χ2v) is 4.40. The van der Waals surface area contributed by atoms with Crippen LogP contribution < -0.4 is 5.73 Å². The maximum Gasteiger partial charge on any atom is -0.00462 e. The highest BCUT2D eigenvalue weighted by Gasteiger charge is 2.28. The molecule has 1 heteroatoms. The molecule has 0 aromatic rings. The fraction of sp³-hybridized carbons (Fsp3) is 1.00. The summed E-state index contributed by atoms with van der Waals surface area (Å²) in [6.45, 7) is 7.96. The van der Waals surface area contributed by atoms with Crippen molar-refractivity contribution in [3.05, 3.63) is 0 Å². The maximum atomic E-state index is 5.70. The lowest BCUT2D eigenvalue weighted by Gasteiger charge is -2.36. The van der Waals surface area contributed by atoms with Gasteiger partial charge in [-0.05, 0) is 43.1 Å². The van der Waals surface area contributed by atoms with Gasteiger partial charge in [-0.25, -0.2) is 0 Å². The number of nitrogens with two attached hydrogens (primary N) is 1. The van der Waals surface area contributed by atoms with E-state index in [1.165, 1.54) is 12.8 Å². The fourth-order valence-corrected chi connectivity index (χ4v) is 2.28. The van der Waals surface area contributed by atoms with Gasteiger partial charge in [0.05, 0.1) is 0 Å². The third kappa shape index (κ3) is 1.96. The molecular formula is C10H21N. The molecule has 0 aliphatic heterocycles. The molecule has 4 atom stereocenters. The Hall–Kier alpha value is -0.0400. The zero-order valence-electron chi connectivity index (χ0n) is 8.01. The Kier molecular flexibility index (Phi) is 2.94. The van der Waals surface area contributed by atoms with Crippen LogP contribution in [0.4, 0.5) is 0 Å². The molecule has 0 aromatic carbocycles. The van der Waals surface area contributed by atoms with E-state index in [1.807, 2.05) is 0 Å². The molecule has 1 saturated carbocycles. The minimum Gasteiger partial charge on any atom is -0.330 e. The van der Waals surface area contributed by atoms with Crippen LogP contribution in [0, 0.1) is 23.7 Å². The van der Waals surface area contributed by atoms with Gasteiger partial charge < -0.3 is 5.73 Å². The monoisotopic (exact) mass is 155 g/mol. The number of hydrogen-bond acceptors (Lipinski definition) is 1. The maximum absolute atomic E-state index is 5.70. The van der Waals surface area contributed by atoms with Crippen molar-refractivity contribution in [2.45, 2.75) is 33.6 Å². The summed E-state index contributed by atoms with van der Waals surface area (Å²) >= 11 is 0. The molecule has 1 rings (SSSR count). The molecule has 11 heavy (non-hydrogen) atoms. The molecular weight excluding hydrogens is 134 g/mol. The van der Waals surface area contributed by atoms with Crippen molar-refractivity contribution in [3.63, 3.8) is 0 Å². The van der Waals surface area contributed by atoms with Gasteiger partial charge in [-0.15, -0.1) is 0 Å². The van der Waals surface area contributed by atoms with Gasteiger partial charge in [-0.1, -0.05) is 20.8 Å². The third-order valence-corrected chi connectivity index (χ3v) is 3.50. The molecule has 2 N–H and O–H groups in total. The highest BCUT2D eigenvalue weighted by atomic mass is 14.6. The van der Waals surface area contributed by atoms with E-state index in [-0.39, 0.29) is 0 Å². The van der Waals surface area contributed by atoms with Gasteiger partial charge in [-0.3, -0.25) is 0 Å². The summed E-state index contributed by atoms with van der Waals surface area (Å²) in [5, 5.41) is 0. The first-order chi connectivity index (χ1) is 5.15. The van der Waals surface area contributed by atoms with Crippen molar-refractivity contribution < 1.29 is 0 Å². The summed E-state index contributed by atoms with van der Waals surface area (Å²) in [4.78, 5) is 0. The summed E-state index contributed by atoms with van der Waals surface area (Å²) < 4.78 is 0. The van der Waals surface area contributed by atoms with Gasteiger partial charge in [0, 0.05) is 0 Å². The Labute approximate surface area is 70.4 Å². The van der Waals surface area contributed by atoms with Crippen molar-refractivity contribution in [3.8, 4) is 0 Å². The van der Waals surface area contributed by atoms with Gasteiger partial charge in [0.15, 0.2) is 0 Å². The van der Waals surface area contributed by atoms with Crippen LogP contribution in [-0.2, 0) is 0 Å². The van der Waals surface area contributed by atoms with Crippen LogP contribution in [0.25, 0.3) is 0 Å². The summed E-state index contributed by atoms with van der Waals surface area (Å²) in [5.41, 5.74) is 5.70. The quantitative estimate of drug-likeness (QED) is 0.617. The van der Waals surface area contributed by atoms with Crippen molar-refractivity contribution in [1.29, 1.82) is 0 Å². The minimum atomic E-state index is 0.793. The largest absolute Gasteiger partial charge is 0.330 e. The molecule has 0 radical (unpaired) electrons. The molecule has 0 spiro atoms. The Morgan fingerprint density at radius 3 is 2.09 bits per heavy atom. The standard InChI is InChI=1S/C10H21N/c1-7-4-9(3)10(6-11)5-8(7)2/h7-10H,4-6,11H2,1-3H3/t7?,8?,9-,10?/m0/s1. The van der Waals surface area contributed by atoms with Crippen molar-refractivity contribution in [1.82, 2.24) is 0 Å². The molecule has 1 nitrogen and oxygen atoms in total. The van der Waals surface area contributed by atoms with Gasteiger partial charge in [0.2, 0.25) is 0 Å². The Balaban J connectivity index is 2.48. The van der Waals surface area contributed by atoms with Gasteiger partial charge in [0.25, 0.3) is 0 Å². The zero-order valence-corrected chi connectivity index (χ0v) is 8.01. The van der Waals surface area contributed by atoms with Crippen molar-refractivity contribution >= 4 is 0 Å². The second-order valence-electron chi connectivity index (χ2n) is 4.40. The van der Waals surface area contributed by atoms with E-state index in [9.17, 15) is 0 Å². The van der Waals surface area contributed by atoms with E-state index >= 15 is 0 Å². The highest BCUT2D eigenvalue weighted by Crippen LogP contribution is 2.36. The molecule has 1 aliphatic carbocycles. The highest BCUT2D eigenvalue weighted by molar-refractivity contribution is 4.80. The topological polar surface area (TPSA) is 26.0 Å². The average Bonchev–Trinajstić information content (AvgIpc) is 1.97. The van der Waals surface area contributed by atoms with E-state index in [0.717, 1.165) is 30.2 Å². The first-order valence-electron chi connectivity index (χ1n) is 4.85. The molecule has 0 aromatic heterocycles. The first kappa shape index (κ1) is 9.05. The van der Waals surface area contributed by atoms with E-state index in [1.54, 1.807) is 0 Å². The molecule has 0 heterocycles. The summed E-state index contributed by atoms with van der Waals surface area (Å²) in [5.74, 6) is 3.44. The lowest BCUT2D eigenvalue weighted by molar-refractivity contribution is 0.149. The van der Waals surface area contributed by atoms with Crippen LogP contribution in [0.2, 0.25) is 0 Å². The summed E-state index contributed by atoms with van der Waals surface area (Å²) in [6, 6.07) is 0. The third-order valence-electron chi connectivity index (χ3n) is 3.50. The Morgan fingerprint density at radius 1 is 1.00 bits per heavy atom. The van der Waals surface area contributed by atoms with Crippen LogP contribution in [0.3, 0.4) is 0 Å². The van der Waals surface area contributed by atoms with Crippen molar-refractivity contribution in [2.75, 3.05) is 6.54 Å². The molecule has 3 unspecified atom stereocenters. The second kappa shape index (κ2) is 3.57. The number of rotatable bonds is 1. The Morgan fingerprint density at radius 2 is 1.55 bits per heavy atom. The van der Waals surface area contributed by atoms with E-state index in [4.69, 9.17) is 5.73 Å². The molecule has 0 amide bonds. The smallest absolute Gasteiger partial charge is 0.00462 e. The number of hydrogen-bond donors (Lipinski definition) is 1. The van der Waals surface area contributed by atoms with Crippen LogP contribution in [-0.4, -0.2) is 6.54 Å². The SMILES string of the molecule is CC1CC(CN)[C@@H](C)CC1C. The van der Waals surface area contributed by atoms with Crippen LogP contribution >= 0.6 is 0 Å². The molecule has 0 saturated heterocycles. The van der Waals surface area contributed by atoms with Gasteiger partial charge >= 0.3 is 0 Å². The fourth-order valence-electron chi connectivity index (χ4n) is 2.28. The minimum absolute atomic E-state index is 0.793. The van der Waals surface area contributed by atoms with Crippen LogP contribution in [0.15, 0.2) is 0 Å².